The number of nitrogen functional groups attached to an aromatic ring is 1. The minimum absolute atomic E-state index is 0.0336. The van der Waals surface area contributed by atoms with Crippen molar-refractivity contribution in [3.63, 3.8) is 0 Å². The Morgan fingerprint density at radius 2 is 1.86 bits per heavy atom. The molecule has 110 valence electrons. The van der Waals surface area contributed by atoms with Gasteiger partial charge in [-0.05, 0) is 18.2 Å². The highest BCUT2D eigenvalue weighted by Gasteiger charge is 2.09. The van der Waals surface area contributed by atoms with Crippen LogP contribution >= 0.6 is 23.2 Å². The molecule has 0 amide bonds. The van der Waals surface area contributed by atoms with Crippen LogP contribution in [0.25, 0.3) is 0 Å². The summed E-state index contributed by atoms with van der Waals surface area (Å²) < 4.78 is 10.4. The van der Waals surface area contributed by atoms with E-state index in [0.717, 1.165) is 0 Å². The molecule has 0 aliphatic carbocycles. The quantitative estimate of drug-likeness (QED) is 0.672. The molecule has 0 heterocycles. The zero-order valence-electron chi connectivity index (χ0n) is 11.0. The van der Waals surface area contributed by atoms with Crippen LogP contribution in [0.5, 0.6) is 5.75 Å². The minimum Gasteiger partial charge on any atom is -0.480 e. The number of carbonyl (C=O) groups excluding carboxylic acids is 1. The summed E-state index contributed by atoms with van der Waals surface area (Å²) in [5.41, 5.74) is 6.80. The van der Waals surface area contributed by atoms with Gasteiger partial charge in [-0.2, -0.15) is 0 Å². The molecule has 0 saturated heterocycles. The molecule has 2 aromatic rings. The number of hydrogen-bond donors (Lipinski definition) is 1. The first-order valence-electron chi connectivity index (χ1n) is 6.13. The van der Waals surface area contributed by atoms with Crippen molar-refractivity contribution in [3.8, 4) is 5.75 Å². The number of carbonyl (C=O) groups is 1. The van der Waals surface area contributed by atoms with E-state index >= 15 is 0 Å². The lowest BCUT2D eigenvalue weighted by molar-refractivity contribution is -0.147. The lowest BCUT2D eigenvalue weighted by atomic mass is 10.2. The summed E-state index contributed by atoms with van der Waals surface area (Å²) in [5.74, 6) is -0.0791. The summed E-state index contributed by atoms with van der Waals surface area (Å²) in [6, 6.07) is 12.0. The van der Waals surface area contributed by atoms with Gasteiger partial charge >= 0.3 is 5.97 Å². The largest absolute Gasteiger partial charge is 0.480 e. The van der Waals surface area contributed by atoms with Gasteiger partial charge in [0.15, 0.2) is 6.61 Å². The van der Waals surface area contributed by atoms with E-state index in [0.29, 0.717) is 27.0 Å². The zero-order valence-corrected chi connectivity index (χ0v) is 12.5. The summed E-state index contributed by atoms with van der Waals surface area (Å²) in [4.78, 5) is 11.6. The maximum absolute atomic E-state index is 11.6. The number of hydrogen-bond acceptors (Lipinski definition) is 4. The van der Waals surface area contributed by atoms with Gasteiger partial charge in [0.25, 0.3) is 0 Å². The van der Waals surface area contributed by atoms with E-state index in [2.05, 4.69) is 0 Å². The van der Waals surface area contributed by atoms with Gasteiger partial charge in [-0.25, -0.2) is 4.79 Å². The Bertz CT molecular complexity index is 647. The van der Waals surface area contributed by atoms with Crippen LogP contribution in [0.2, 0.25) is 10.0 Å². The fourth-order valence-corrected chi connectivity index (χ4v) is 1.98. The van der Waals surface area contributed by atoms with E-state index < -0.39 is 5.97 Å². The highest BCUT2D eigenvalue weighted by atomic mass is 35.5. The number of para-hydroxylation sites is 2. The molecular weight excluding hydrogens is 313 g/mol. The van der Waals surface area contributed by atoms with E-state index in [-0.39, 0.29) is 13.2 Å². The van der Waals surface area contributed by atoms with Gasteiger partial charge in [-0.3, -0.25) is 0 Å². The molecule has 6 heteroatoms. The summed E-state index contributed by atoms with van der Waals surface area (Å²) in [5, 5.41) is 0.790. The van der Waals surface area contributed by atoms with Crippen molar-refractivity contribution in [2.75, 3.05) is 12.3 Å². The highest BCUT2D eigenvalue weighted by Crippen LogP contribution is 2.26. The van der Waals surface area contributed by atoms with Crippen molar-refractivity contribution in [1.82, 2.24) is 0 Å². The average molecular weight is 326 g/mol. The van der Waals surface area contributed by atoms with E-state index in [1.54, 1.807) is 42.5 Å². The molecule has 0 aliphatic heterocycles. The fraction of sp³-hybridized carbons (Fsp3) is 0.133. The second kappa shape index (κ2) is 7.20. The Kier molecular flexibility index (Phi) is 5.31. The highest BCUT2D eigenvalue weighted by molar-refractivity contribution is 6.42. The zero-order chi connectivity index (χ0) is 15.2. The second-order valence-electron chi connectivity index (χ2n) is 4.20. The van der Waals surface area contributed by atoms with Crippen molar-refractivity contribution < 1.29 is 14.3 Å². The molecule has 0 spiro atoms. The van der Waals surface area contributed by atoms with Gasteiger partial charge in [0.1, 0.15) is 12.4 Å². The van der Waals surface area contributed by atoms with Crippen molar-refractivity contribution in [1.29, 1.82) is 0 Å². The Morgan fingerprint density at radius 1 is 1.10 bits per heavy atom. The molecule has 2 N–H and O–H groups in total. The Labute approximate surface area is 132 Å². The van der Waals surface area contributed by atoms with Gasteiger partial charge < -0.3 is 15.2 Å². The third kappa shape index (κ3) is 4.28. The monoisotopic (exact) mass is 325 g/mol. The predicted molar refractivity (Wildman–Crippen MR) is 82.6 cm³/mol. The number of esters is 1. The van der Waals surface area contributed by atoms with Crippen molar-refractivity contribution >= 4 is 34.9 Å². The number of benzene rings is 2. The normalized spacial score (nSPS) is 10.2. The topological polar surface area (TPSA) is 61.5 Å². The van der Waals surface area contributed by atoms with Gasteiger partial charge in [-0.1, -0.05) is 47.5 Å². The molecule has 0 aliphatic rings. The minimum atomic E-state index is -0.519. The fourth-order valence-electron chi connectivity index (χ4n) is 1.61. The molecule has 0 radical (unpaired) electrons. The first-order valence-corrected chi connectivity index (χ1v) is 6.89. The van der Waals surface area contributed by atoms with Crippen molar-refractivity contribution in [2.45, 2.75) is 6.61 Å². The molecule has 0 fully saturated rings. The van der Waals surface area contributed by atoms with E-state index in [1.165, 1.54) is 0 Å². The smallest absolute Gasteiger partial charge is 0.344 e. The number of halogens is 2. The van der Waals surface area contributed by atoms with Crippen molar-refractivity contribution in [2.24, 2.45) is 0 Å². The Morgan fingerprint density at radius 3 is 2.62 bits per heavy atom. The van der Waals surface area contributed by atoms with Gasteiger partial charge in [0, 0.05) is 5.56 Å². The maximum atomic E-state index is 11.6. The lowest BCUT2D eigenvalue weighted by Gasteiger charge is -2.09. The predicted octanol–water partition coefficient (Wildman–Crippen LogP) is 3.70. The number of anilines is 1. The van der Waals surface area contributed by atoms with E-state index in [9.17, 15) is 4.79 Å². The Balaban J connectivity index is 1.85. The number of ether oxygens (including phenoxy) is 2. The molecular formula is C15H13Cl2NO3. The third-order valence-corrected chi connectivity index (χ3v) is 3.54. The van der Waals surface area contributed by atoms with Crippen LogP contribution in [-0.4, -0.2) is 12.6 Å². The van der Waals surface area contributed by atoms with Crippen LogP contribution in [-0.2, 0) is 16.1 Å². The summed E-state index contributed by atoms with van der Waals surface area (Å²) in [6.45, 7) is -0.196. The molecule has 0 atom stereocenters. The van der Waals surface area contributed by atoms with Crippen molar-refractivity contribution in [3.05, 3.63) is 58.1 Å². The van der Waals surface area contributed by atoms with Gasteiger partial charge in [-0.15, -0.1) is 0 Å². The molecule has 0 aromatic heterocycles. The molecule has 21 heavy (non-hydrogen) atoms. The van der Waals surface area contributed by atoms with Crippen LogP contribution in [0.4, 0.5) is 5.69 Å². The van der Waals surface area contributed by atoms with Crippen LogP contribution in [0.3, 0.4) is 0 Å². The number of rotatable bonds is 5. The van der Waals surface area contributed by atoms with Crippen LogP contribution in [0.15, 0.2) is 42.5 Å². The first kappa shape index (κ1) is 15.5. The summed E-state index contributed by atoms with van der Waals surface area (Å²) in [6.07, 6.45) is 0. The summed E-state index contributed by atoms with van der Waals surface area (Å²) >= 11 is 11.9. The molecule has 0 unspecified atom stereocenters. The standard InChI is InChI=1S/C15H13Cl2NO3/c16-11-5-3-4-10(15(11)17)8-21-14(19)9-20-13-7-2-1-6-12(13)18/h1-7H,8-9,18H2. The van der Waals surface area contributed by atoms with Crippen LogP contribution in [0.1, 0.15) is 5.56 Å². The molecule has 0 bridgehead atoms. The Hall–Kier alpha value is -1.91. The molecule has 4 nitrogen and oxygen atoms in total. The number of nitrogens with two attached hydrogens (primary N) is 1. The van der Waals surface area contributed by atoms with Gasteiger partial charge in [0.05, 0.1) is 15.7 Å². The van der Waals surface area contributed by atoms with Crippen LogP contribution < -0.4 is 10.5 Å². The SMILES string of the molecule is Nc1ccccc1OCC(=O)OCc1cccc(Cl)c1Cl. The molecule has 2 rings (SSSR count). The van der Waals surface area contributed by atoms with E-state index in [1.807, 2.05) is 0 Å². The third-order valence-electron chi connectivity index (χ3n) is 2.68. The van der Waals surface area contributed by atoms with E-state index in [4.69, 9.17) is 38.4 Å². The first-order chi connectivity index (χ1) is 10.1. The average Bonchev–Trinajstić information content (AvgIpc) is 2.48. The maximum Gasteiger partial charge on any atom is 0.344 e. The molecule has 2 aromatic carbocycles. The summed E-state index contributed by atoms with van der Waals surface area (Å²) in [7, 11) is 0. The van der Waals surface area contributed by atoms with Crippen LogP contribution in [0, 0.1) is 0 Å². The lowest BCUT2D eigenvalue weighted by Crippen LogP contribution is -2.15. The van der Waals surface area contributed by atoms with Gasteiger partial charge in [0.2, 0.25) is 0 Å². The second-order valence-corrected chi connectivity index (χ2v) is 4.99. The molecule has 0 saturated carbocycles.